The Labute approximate surface area is 98.3 Å². The summed E-state index contributed by atoms with van der Waals surface area (Å²) in [6, 6.07) is 3.08. The first kappa shape index (κ1) is 11.5. The highest BCUT2D eigenvalue weighted by Gasteiger charge is 2.14. The lowest BCUT2D eigenvalue weighted by Gasteiger charge is -2.06. The van der Waals surface area contributed by atoms with E-state index in [1.165, 1.54) is 6.07 Å². The van der Waals surface area contributed by atoms with Crippen LogP contribution in [0.3, 0.4) is 0 Å². The summed E-state index contributed by atoms with van der Waals surface area (Å²) in [5.41, 5.74) is 0.304. The molecule has 1 rings (SSSR count). The molecule has 3 nitrogen and oxygen atoms in total. The van der Waals surface area contributed by atoms with E-state index < -0.39 is 5.97 Å². The van der Waals surface area contributed by atoms with Crippen LogP contribution in [0.2, 0.25) is 0 Å². The van der Waals surface area contributed by atoms with Crippen molar-refractivity contribution in [2.24, 2.45) is 0 Å². The van der Waals surface area contributed by atoms with Crippen molar-refractivity contribution in [3.05, 3.63) is 26.6 Å². The van der Waals surface area contributed by atoms with Crippen molar-refractivity contribution in [2.45, 2.75) is 6.92 Å². The van der Waals surface area contributed by atoms with Gasteiger partial charge in [-0.1, -0.05) is 15.9 Å². The van der Waals surface area contributed by atoms with Crippen LogP contribution in [-0.2, 0) is 4.74 Å². The van der Waals surface area contributed by atoms with Gasteiger partial charge in [-0.3, -0.25) is 0 Å². The molecule has 0 saturated heterocycles. The highest BCUT2D eigenvalue weighted by molar-refractivity contribution is 9.11. The van der Waals surface area contributed by atoms with Gasteiger partial charge in [0.1, 0.15) is 5.75 Å². The molecule has 0 spiro atoms. The molecule has 0 amide bonds. The molecule has 1 N–H and O–H groups in total. The van der Waals surface area contributed by atoms with Gasteiger partial charge in [-0.25, -0.2) is 4.79 Å². The second kappa shape index (κ2) is 4.79. The molecule has 0 atom stereocenters. The quantitative estimate of drug-likeness (QED) is 0.851. The van der Waals surface area contributed by atoms with Gasteiger partial charge in [0.15, 0.2) is 0 Å². The average Bonchev–Trinajstić information content (AvgIpc) is 2.11. The van der Waals surface area contributed by atoms with Gasteiger partial charge < -0.3 is 9.84 Å². The molecule has 1 aromatic carbocycles. The normalized spacial score (nSPS) is 9.93. The number of carbonyl (C=O) groups excluding carboxylic acids is 1. The van der Waals surface area contributed by atoms with E-state index in [0.717, 1.165) is 0 Å². The van der Waals surface area contributed by atoms with Gasteiger partial charge in [-0.2, -0.15) is 0 Å². The largest absolute Gasteiger partial charge is 0.507 e. The maximum atomic E-state index is 11.4. The van der Waals surface area contributed by atoms with Crippen LogP contribution in [0.15, 0.2) is 21.1 Å². The maximum Gasteiger partial charge on any atom is 0.339 e. The lowest BCUT2D eigenvalue weighted by molar-refractivity contribution is 0.0524. The number of aromatic hydroxyl groups is 1. The number of rotatable bonds is 2. The molecule has 0 bridgehead atoms. The summed E-state index contributed by atoms with van der Waals surface area (Å²) in [4.78, 5) is 11.4. The maximum absolute atomic E-state index is 11.4. The lowest BCUT2D eigenvalue weighted by atomic mass is 10.2. The predicted molar refractivity (Wildman–Crippen MR) is 59.5 cm³/mol. The minimum absolute atomic E-state index is 0.00225. The summed E-state index contributed by atoms with van der Waals surface area (Å²) in [6.45, 7) is 2.03. The molecule has 76 valence electrons. The van der Waals surface area contributed by atoms with Crippen LogP contribution in [0.25, 0.3) is 0 Å². The van der Waals surface area contributed by atoms with Crippen molar-refractivity contribution in [1.29, 1.82) is 0 Å². The Morgan fingerprint density at radius 3 is 2.71 bits per heavy atom. The van der Waals surface area contributed by atoms with Gasteiger partial charge in [0.25, 0.3) is 0 Å². The molecule has 14 heavy (non-hydrogen) atoms. The van der Waals surface area contributed by atoms with Crippen molar-refractivity contribution < 1.29 is 14.6 Å². The van der Waals surface area contributed by atoms with E-state index in [4.69, 9.17) is 4.74 Å². The highest BCUT2D eigenvalue weighted by Crippen LogP contribution is 2.31. The Morgan fingerprint density at radius 2 is 2.14 bits per heavy atom. The molecule has 0 radical (unpaired) electrons. The Morgan fingerprint density at radius 1 is 1.50 bits per heavy atom. The van der Waals surface area contributed by atoms with Crippen LogP contribution >= 0.6 is 31.9 Å². The summed E-state index contributed by atoms with van der Waals surface area (Å²) in [5, 5.41) is 9.41. The number of hydrogen-bond donors (Lipinski definition) is 1. The van der Waals surface area contributed by atoms with Crippen LogP contribution in [0.5, 0.6) is 5.75 Å². The summed E-state index contributed by atoms with van der Waals surface area (Å²) < 4.78 is 5.79. The highest BCUT2D eigenvalue weighted by atomic mass is 79.9. The molecular weight excluding hydrogens is 316 g/mol. The molecular formula is C9H8Br2O3. The van der Waals surface area contributed by atoms with Gasteiger partial charge in [0.05, 0.1) is 16.6 Å². The number of halogens is 2. The van der Waals surface area contributed by atoms with E-state index in [0.29, 0.717) is 21.1 Å². The van der Waals surface area contributed by atoms with E-state index >= 15 is 0 Å². The zero-order chi connectivity index (χ0) is 10.7. The molecule has 1 aromatic rings. The Balaban J connectivity index is 3.13. The standard InChI is InChI=1S/C9H8Br2O3/c1-2-14-9(13)6-3-5(10)4-7(12)8(6)11/h3-4,12H,2H2,1H3. The van der Waals surface area contributed by atoms with Gasteiger partial charge in [-0.05, 0) is 35.0 Å². The zero-order valence-electron chi connectivity index (χ0n) is 7.38. The number of esters is 1. The van der Waals surface area contributed by atoms with Crippen molar-refractivity contribution in [3.8, 4) is 5.75 Å². The zero-order valence-corrected chi connectivity index (χ0v) is 10.6. The van der Waals surface area contributed by atoms with Gasteiger partial charge in [-0.15, -0.1) is 0 Å². The Kier molecular flexibility index (Phi) is 3.95. The third kappa shape index (κ3) is 2.48. The van der Waals surface area contributed by atoms with Crippen molar-refractivity contribution in [2.75, 3.05) is 6.61 Å². The molecule has 0 fully saturated rings. The molecule has 0 aliphatic heterocycles. The van der Waals surface area contributed by atoms with E-state index in [1.807, 2.05) is 0 Å². The number of carbonyl (C=O) groups is 1. The Hall–Kier alpha value is -0.550. The number of phenolic OH excluding ortho intramolecular Hbond substituents is 1. The predicted octanol–water partition coefficient (Wildman–Crippen LogP) is 3.09. The monoisotopic (exact) mass is 322 g/mol. The number of ether oxygens (including phenoxy) is 1. The fourth-order valence-corrected chi connectivity index (χ4v) is 1.77. The molecule has 0 aliphatic rings. The first-order chi connectivity index (χ1) is 6.56. The minimum Gasteiger partial charge on any atom is -0.507 e. The summed E-state index contributed by atoms with van der Waals surface area (Å²) in [5.74, 6) is -0.460. The molecule has 0 aliphatic carbocycles. The van der Waals surface area contributed by atoms with E-state index in [1.54, 1.807) is 13.0 Å². The first-order valence-electron chi connectivity index (χ1n) is 3.91. The van der Waals surface area contributed by atoms with Gasteiger partial charge in [0.2, 0.25) is 0 Å². The molecule has 0 aromatic heterocycles. The minimum atomic E-state index is -0.462. The molecule has 5 heteroatoms. The topological polar surface area (TPSA) is 46.5 Å². The van der Waals surface area contributed by atoms with E-state index in [9.17, 15) is 9.90 Å². The van der Waals surface area contributed by atoms with Crippen molar-refractivity contribution >= 4 is 37.8 Å². The molecule has 0 unspecified atom stereocenters. The second-order valence-corrected chi connectivity index (χ2v) is 4.22. The third-order valence-corrected chi connectivity index (χ3v) is 2.80. The SMILES string of the molecule is CCOC(=O)c1cc(Br)cc(O)c1Br. The fourth-order valence-electron chi connectivity index (χ4n) is 0.932. The van der Waals surface area contributed by atoms with E-state index in [-0.39, 0.29) is 5.75 Å². The molecule has 0 heterocycles. The van der Waals surface area contributed by atoms with Crippen LogP contribution in [0, 0.1) is 0 Å². The average molecular weight is 324 g/mol. The fraction of sp³-hybridized carbons (Fsp3) is 0.222. The van der Waals surface area contributed by atoms with Crippen LogP contribution in [0.4, 0.5) is 0 Å². The van der Waals surface area contributed by atoms with Crippen LogP contribution in [-0.4, -0.2) is 17.7 Å². The van der Waals surface area contributed by atoms with Crippen molar-refractivity contribution in [1.82, 2.24) is 0 Å². The Bertz CT molecular complexity index is 363. The summed E-state index contributed by atoms with van der Waals surface area (Å²) in [6.07, 6.45) is 0. The van der Waals surface area contributed by atoms with Crippen LogP contribution < -0.4 is 0 Å². The summed E-state index contributed by atoms with van der Waals surface area (Å²) in [7, 11) is 0. The van der Waals surface area contributed by atoms with Gasteiger partial charge >= 0.3 is 5.97 Å². The molecule has 0 saturated carbocycles. The lowest BCUT2D eigenvalue weighted by Crippen LogP contribution is -2.05. The first-order valence-corrected chi connectivity index (χ1v) is 5.50. The second-order valence-electron chi connectivity index (χ2n) is 2.51. The smallest absolute Gasteiger partial charge is 0.339 e. The number of hydrogen-bond acceptors (Lipinski definition) is 3. The van der Waals surface area contributed by atoms with Crippen molar-refractivity contribution in [3.63, 3.8) is 0 Å². The summed E-state index contributed by atoms with van der Waals surface area (Å²) >= 11 is 6.29. The van der Waals surface area contributed by atoms with Gasteiger partial charge in [0, 0.05) is 4.47 Å². The number of phenols is 1. The number of benzene rings is 1. The van der Waals surface area contributed by atoms with E-state index in [2.05, 4.69) is 31.9 Å². The van der Waals surface area contributed by atoms with Crippen LogP contribution in [0.1, 0.15) is 17.3 Å². The third-order valence-electron chi connectivity index (χ3n) is 1.51.